The summed E-state index contributed by atoms with van der Waals surface area (Å²) in [6, 6.07) is 3.95. The largest absolute Gasteiger partial charge is 0.337 e. The fourth-order valence-electron chi connectivity index (χ4n) is 3.87. The molecule has 168 valence electrons. The van der Waals surface area contributed by atoms with Crippen molar-refractivity contribution in [1.82, 2.24) is 19.0 Å². The summed E-state index contributed by atoms with van der Waals surface area (Å²) in [7, 11) is -1.80. The third-order valence-electron chi connectivity index (χ3n) is 5.62. The van der Waals surface area contributed by atoms with E-state index in [0.717, 1.165) is 22.3 Å². The molecule has 1 amide bonds. The number of carbonyl (C=O) groups is 1. The maximum absolute atomic E-state index is 13.4. The molecule has 0 bridgehead atoms. The van der Waals surface area contributed by atoms with Gasteiger partial charge in [-0.15, -0.1) is 0 Å². The van der Waals surface area contributed by atoms with Crippen LogP contribution in [0.4, 0.5) is 0 Å². The average Bonchev–Trinajstić information content (AvgIpc) is 3.10. The van der Waals surface area contributed by atoms with E-state index in [1.54, 1.807) is 21.9 Å². The molecule has 0 radical (unpaired) electrons. The van der Waals surface area contributed by atoms with Crippen molar-refractivity contribution >= 4 is 22.0 Å². The van der Waals surface area contributed by atoms with Crippen LogP contribution in [0.3, 0.4) is 0 Å². The molecule has 2 aromatic rings. The number of hydrogen-bond donors (Lipinski definition) is 0. The Morgan fingerprint density at radius 1 is 1.06 bits per heavy atom. The molecule has 1 aromatic heterocycles. The Hall–Kier alpha value is -2.45. The second kappa shape index (κ2) is 8.59. The SMILES string of the molecule is Cc1cc(C(C)(C)C)cc(C)c1S(=O)(=O)N1CCN(C(=O)C=Cc2cnn(C)c2)CC1. The lowest BCUT2D eigenvalue weighted by Crippen LogP contribution is -2.50. The fraction of sp³-hybridized carbons (Fsp3) is 0.478. The Bertz CT molecular complexity index is 1080. The van der Waals surface area contributed by atoms with Crippen LogP contribution in [-0.4, -0.2) is 59.5 Å². The minimum atomic E-state index is -3.62. The molecule has 3 rings (SSSR count). The molecular formula is C23H32N4O3S. The van der Waals surface area contributed by atoms with E-state index in [1.807, 2.05) is 39.2 Å². The van der Waals surface area contributed by atoms with Gasteiger partial charge in [0.1, 0.15) is 0 Å². The number of sulfonamides is 1. The van der Waals surface area contributed by atoms with Crippen molar-refractivity contribution < 1.29 is 13.2 Å². The van der Waals surface area contributed by atoms with Crippen molar-refractivity contribution in [3.63, 3.8) is 0 Å². The van der Waals surface area contributed by atoms with E-state index >= 15 is 0 Å². The molecular weight excluding hydrogens is 412 g/mol. The van der Waals surface area contributed by atoms with Crippen LogP contribution in [0, 0.1) is 13.8 Å². The highest BCUT2D eigenvalue weighted by molar-refractivity contribution is 7.89. The minimum absolute atomic E-state index is 0.0485. The number of piperazine rings is 1. The lowest BCUT2D eigenvalue weighted by molar-refractivity contribution is -0.127. The number of aromatic nitrogens is 2. The number of rotatable bonds is 4. The van der Waals surface area contributed by atoms with Gasteiger partial charge in [0.05, 0.1) is 11.1 Å². The first-order valence-corrected chi connectivity index (χ1v) is 11.9. The van der Waals surface area contributed by atoms with Gasteiger partial charge in [0.25, 0.3) is 0 Å². The van der Waals surface area contributed by atoms with Crippen molar-refractivity contribution in [1.29, 1.82) is 0 Å². The summed E-state index contributed by atoms with van der Waals surface area (Å²) in [5.41, 5.74) is 3.46. The maximum atomic E-state index is 13.4. The Labute approximate surface area is 185 Å². The zero-order valence-electron chi connectivity index (χ0n) is 19.2. The van der Waals surface area contributed by atoms with Gasteiger partial charge in [-0.2, -0.15) is 9.40 Å². The second-order valence-corrected chi connectivity index (χ2v) is 11.1. The van der Waals surface area contributed by atoms with Crippen LogP contribution in [0.25, 0.3) is 6.08 Å². The van der Waals surface area contributed by atoms with Crippen LogP contribution in [0.15, 0.2) is 35.5 Å². The molecule has 0 N–H and O–H groups in total. The van der Waals surface area contributed by atoms with E-state index < -0.39 is 10.0 Å². The van der Waals surface area contributed by atoms with Crippen LogP contribution >= 0.6 is 0 Å². The maximum Gasteiger partial charge on any atom is 0.246 e. The van der Waals surface area contributed by atoms with Gasteiger partial charge >= 0.3 is 0 Å². The van der Waals surface area contributed by atoms with Crippen molar-refractivity contribution in [2.45, 2.75) is 44.9 Å². The standard InChI is InChI=1S/C23H32N4O3S/c1-17-13-20(23(3,4)5)14-18(2)22(17)31(29,30)27-11-9-26(10-12-27)21(28)8-7-19-15-24-25(6)16-19/h7-8,13-16H,9-12H2,1-6H3. The highest BCUT2D eigenvalue weighted by Gasteiger charge is 2.32. The Morgan fingerprint density at radius 2 is 1.65 bits per heavy atom. The molecule has 1 aliphatic heterocycles. The number of carbonyl (C=O) groups excluding carboxylic acids is 1. The normalized spacial score (nSPS) is 16.3. The predicted molar refractivity (Wildman–Crippen MR) is 122 cm³/mol. The quantitative estimate of drug-likeness (QED) is 0.680. The van der Waals surface area contributed by atoms with E-state index in [0.29, 0.717) is 18.0 Å². The van der Waals surface area contributed by atoms with Gasteiger partial charge < -0.3 is 4.90 Å². The van der Waals surface area contributed by atoms with Crippen molar-refractivity contribution in [3.8, 4) is 0 Å². The number of aryl methyl sites for hydroxylation is 3. The molecule has 1 aromatic carbocycles. The first-order valence-electron chi connectivity index (χ1n) is 10.5. The minimum Gasteiger partial charge on any atom is -0.337 e. The lowest BCUT2D eigenvalue weighted by Gasteiger charge is -2.34. The van der Waals surface area contributed by atoms with E-state index in [4.69, 9.17) is 0 Å². The number of hydrogen-bond acceptors (Lipinski definition) is 4. The number of amides is 1. The molecule has 31 heavy (non-hydrogen) atoms. The van der Waals surface area contributed by atoms with E-state index in [-0.39, 0.29) is 24.4 Å². The summed E-state index contributed by atoms with van der Waals surface area (Å²) < 4.78 is 29.9. The van der Waals surface area contributed by atoms with Crippen molar-refractivity contribution in [2.24, 2.45) is 7.05 Å². The smallest absolute Gasteiger partial charge is 0.246 e. The molecule has 0 atom stereocenters. The summed E-state index contributed by atoms with van der Waals surface area (Å²) in [6.07, 6.45) is 6.75. The van der Waals surface area contributed by atoms with Gasteiger partial charge in [-0.05, 0) is 42.0 Å². The second-order valence-electron chi connectivity index (χ2n) is 9.20. The molecule has 0 aliphatic carbocycles. The fourth-order valence-corrected chi connectivity index (χ4v) is 5.70. The van der Waals surface area contributed by atoms with Gasteiger partial charge in [-0.3, -0.25) is 9.48 Å². The Balaban J connectivity index is 1.71. The van der Waals surface area contributed by atoms with Gasteiger partial charge in [-0.25, -0.2) is 8.42 Å². The Morgan fingerprint density at radius 3 is 2.13 bits per heavy atom. The molecule has 0 unspecified atom stereocenters. The first kappa shape index (κ1) is 23.2. The van der Waals surface area contributed by atoms with Gasteiger partial charge in [0, 0.05) is 51.1 Å². The molecule has 7 nitrogen and oxygen atoms in total. The summed E-state index contributed by atoms with van der Waals surface area (Å²) >= 11 is 0. The first-order chi connectivity index (χ1) is 14.4. The summed E-state index contributed by atoms with van der Waals surface area (Å²) in [5.74, 6) is -0.122. The summed E-state index contributed by atoms with van der Waals surface area (Å²) in [5, 5.41) is 4.07. The summed E-state index contributed by atoms with van der Waals surface area (Å²) in [6.45, 7) is 11.4. The molecule has 1 saturated heterocycles. The van der Waals surface area contributed by atoms with E-state index in [9.17, 15) is 13.2 Å². The molecule has 0 saturated carbocycles. The van der Waals surface area contributed by atoms with Crippen LogP contribution in [-0.2, 0) is 27.3 Å². The highest BCUT2D eigenvalue weighted by Crippen LogP contribution is 2.31. The van der Waals surface area contributed by atoms with Gasteiger partial charge in [0.2, 0.25) is 15.9 Å². The highest BCUT2D eigenvalue weighted by atomic mass is 32.2. The number of nitrogens with zero attached hydrogens (tertiary/aromatic N) is 4. The molecule has 0 spiro atoms. The monoisotopic (exact) mass is 444 g/mol. The number of benzene rings is 1. The van der Waals surface area contributed by atoms with Gasteiger partial charge in [-0.1, -0.05) is 32.9 Å². The molecule has 2 heterocycles. The molecule has 8 heteroatoms. The van der Waals surface area contributed by atoms with Crippen molar-refractivity contribution in [2.75, 3.05) is 26.2 Å². The molecule has 1 fully saturated rings. The third kappa shape index (κ3) is 5.07. The van der Waals surface area contributed by atoms with E-state index in [2.05, 4.69) is 25.9 Å². The Kier molecular flexibility index (Phi) is 6.43. The molecule has 1 aliphatic rings. The summed E-state index contributed by atoms with van der Waals surface area (Å²) in [4.78, 5) is 14.6. The van der Waals surface area contributed by atoms with Crippen LogP contribution in [0.2, 0.25) is 0 Å². The van der Waals surface area contributed by atoms with E-state index in [1.165, 1.54) is 10.4 Å². The third-order valence-corrected chi connectivity index (χ3v) is 7.82. The van der Waals surface area contributed by atoms with Crippen LogP contribution in [0.1, 0.15) is 43.0 Å². The van der Waals surface area contributed by atoms with Crippen molar-refractivity contribution in [3.05, 3.63) is 52.9 Å². The topological polar surface area (TPSA) is 75.5 Å². The average molecular weight is 445 g/mol. The zero-order chi connectivity index (χ0) is 23.0. The lowest BCUT2D eigenvalue weighted by atomic mass is 9.85. The van der Waals surface area contributed by atoms with Crippen LogP contribution in [0.5, 0.6) is 0 Å². The van der Waals surface area contributed by atoms with Gasteiger partial charge in [0.15, 0.2) is 0 Å². The van der Waals surface area contributed by atoms with Crippen LogP contribution < -0.4 is 0 Å². The zero-order valence-corrected chi connectivity index (χ0v) is 20.0. The predicted octanol–water partition coefficient (Wildman–Crippen LogP) is 2.88.